The van der Waals surface area contributed by atoms with E-state index in [2.05, 4.69) is 5.73 Å². The molecule has 1 rings (SSSR count). The minimum Gasteiger partial charge on any atom is -0.530 e. The van der Waals surface area contributed by atoms with Crippen LogP contribution in [0.4, 0.5) is 4.79 Å². The van der Waals surface area contributed by atoms with Gasteiger partial charge in [0.05, 0.1) is 0 Å². The van der Waals surface area contributed by atoms with E-state index >= 15 is 0 Å². The monoisotopic (exact) mass is 229 g/mol. The number of aliphatic hydroxyl groups excluding tert-OH is 1. The number of primary amides is 1. The lowest BCUT2D eigenvalue weighted by Gasteiger charge is -1.92. The van der Waals surface area contributed by atoms with E-state index in [1.54, 1.807) is 0 Å². The third-order valence-corrected chi connectivity index (χ3v) is 1.95. The second-order valence-corrected chi connectivity index (χ2v) is 3.32. The third kappa shape index (κ3) is 10.2. The Labute approximate surface area is 90.9 Å². The van der Waals surface area contributed by atoms with Gasteiger partial charge in [-0.25, -0.2) is 0 Å². The zero-order valence-electron chi connectivity index (χ0n) is 7.79. The van der Waals surface area contributed by atoms with Gasteiger partial charge in [-0.05, 0) is 5.56 Å². The molecule has 0 spiro atoms. The summed E-state index contributed by atoms with van der Waals surface area (Å²) < 4.78 is 0. The van der Waals surface area contributed by atoms with Gasteiger partial charge < -0.3 is 25.5 Å². The van der Waals surface area contributed by atoms with E-state index in [0.717, 1.165) is 17.3 Å². The maximum absolute atomic E-state index is 8.67. The highest BCUT2D eigenvalue weighted by atomic mass is 32.2. The zero-order chi connectivity index (χ0) is 11.7. The van der Waals surface area contributed by atoms with E-state index in [1.165, 1.54) is 0 Å². The quantitative estimate of drug-likeness (QED) is 0.707. The van der Waals surface area contributed by atoms with Crippen LogP contribution in [0.3, 0.4) is 0 Å². The highest BCUT2D eigenvalue weighted by Gasteiger charge is 2.04. The summed E-state index contributed by atoms with van der Waals surface area (Å²) in [7, 11) is 0. The summed E-state index contributed by atoms with van der Waals surface area (Å²) in [6, 6.07) is 9.65. The topological polar surface area (TPSA) is 108 Å². The number of nitrogens with two attached hydrogens (primary N) is 1. The fourth-order valence-corrected chi connectivity index (χ4v) is 1.21. The molecule has 0 fully saturated rings. The number of rotatable bonds is 2. The molecule has 1 amide bonds. The van der Waals surface area contributed by atoms with Crippen LogP contribution in [0.25, 0.3) is 0 Å². The second-order valence-electron chi connectivity index (χ2n) is 2.38. The van der Waals surface area contributed by atoms with Crippen LogP contribution >= 0.6 is 11.8 Å². The molecule has 1 aromatic carbocycles. The number of amides is 1. The molecule has 0 radical (unpaired) electrons. The van der Waals surface area contributed by atoms with Gasteiger partial charge in [-0.15, -0.1) is 0 Å². The minimum atomic E-state index is -1.58. The standard InChI is InChI=1S/C8H8O2S.CH3NO2/c9-8(10)11-6-7-4-2-1-3-5-7;2-1(3)4/h1-5H,6H2,(H,9,10);2H2,(H,3,4). The van der Waals surface area contributed by atoms with Crippen molar-refractivity contribution in [2.45, 2.75) is 5.75 Å². The molecule has 0 aliphatic rings. The summed E-state index contributed by atoms with van der Waals surface area (Å²) in [5, 5.41) is 16.5. The molecule has 0 aliphatic heterocycles. The van der Waals surface area contributed by atoms with E-state index in [9.17, 15) is 0 Å². The van der Waals surface area contributed by atoms with Crippen molar-refractivity contribution in [1.82, 2.24) is 0 Å². The third-order valence-electron chi connectivity index (χ3n) is 1.21. The molecule has 0 aromatic heterocycles. The van der Waals surface area contributed by atoms with Crippen LogP contribution in [0.1, 0.15) is 5.56 Å². The minimum absolute atomic E-state index is 0.575. The highest BCUT2D eigenvalue weighted by Crippen LogP contribution is 2.10. The van der Waals surface area contributed by atoms with Crippen LogP contribution in [-0.2, 0) is 5.75 Å². The molecule has 6 heteroatoms. The number of carbonyl (C=O) groups is 1. The average Bonchev–Trinajstić information content (AvgIpc) is 2.15. The van der Waals surface area contributed by atoms with Crippen LogP contribution in [0.15, 0.2) is 30.3 Å². The van der Waals surface area contributed by atoms with Crippen LogP contribution in [0.2, 0.25) is 0 Å². The Morgan fingerprint density at radius 3 is 2.33 bits per heavy atom. The molecule has 0 unspecified atom stereocenters. The van der Waals surface area contributed by atoms with Crippen LogP contribution in [-0.4, -0.2) is 21.3 Å². The van der Waals surface area contributed by atoms with E-state index in [-0.39, 0.29) is 0 Å². The zero-order valence-corrected chi connectivity index (χ0v) is 8.61. The molecular weight excluding hydrogens is 218 g/mol. The Bertz CT molecular complexity index is 311. The van der Waals surface area contributed by atoms with Gasteiger partial charge in [0.15, 0.2) is 0 Å². The molecule has 1 aromatic rings. The Hall–Kier alpha value is -1.69. The Morgan fingerprint density at radius 1 is 1.47 bits per heavy atom. The Kier molecular flexibility index (Phi) is 6.82. The summed E-state index contributed by atoms with van der Waals surface area (Å²) in [5.41, 5.74) is 5.00. The predicted octanol–water partition coefficient (Wildman–Crippen LogP) is 0.226. The molecule has 0 atom stereocenters. The largest absolute Gasteiger partial charge is 0.548 e. The first-order valence-electron chi connectivity index (χ1n) is 3.90. The summed E-state index contributed by atoms with van der Waals surface area (Å²) in [6.45, 7) is 0. The first-order valence-corrected chi connectivity index (χ1v) is 4.89. The van der Waals surface area contributed by atoms with E-state index < -0.39 is 11.4 Å². The van der Waals surface area contributed by atoms with Crippen molar-refractivity contribution in [3.05, 3.63) is 35.9 Å². The lowest BCUT2D eigenvalue weighted by atomic mass is 10.2. The summed E-state index contributed by atoms with van der Waals surface area (Å²) in [5.74, 6) is 0.600. The first-order chi connectivity index (χ1) is 7.02. The van der Waals surface area contributed by atoms with Gasteiger partial charge in [0.1, 0.15) is 6.09 Å². The summed E-state index contributed by atoms with van der Waals surface area (Å²) >= 11 is 1.01. The predicted molar refractivity (Wildman–Crippen MR) is 56.9 cm³/mol. The van der Waals surface area contributed by atoms with Gasteiger partial charge in [-0.2, -0.15) is 0 Å². The number of hydrogen-bond donors (Lipinski definition) is 2. The van der Waals surface area contributed by atoms with Crippen LogP contribution in [0, 0.1) is 0 Å². The molecule has 82 valence electrons. The van der Waals surface area contributed by atoms with Crippen molar-refractivity contribution in [3.63, 3.8) is 0 Å². The number of hydrogen-bond acceptors (Lipinski definition) is 3. The molecule has 15 heavy (non-hydrogen) atoms. The first kappa shape index (κ1) is 13.3. The normalized spacial score (nSPS) is 8.53. The fraction of sp³-hybridized carbons (Fsp3) is 0.111. The molecular formula is C9H11NO4S. The van der Waals surface area contributed by atoms with Crippen LogP contribution < -0.4 is 10.8 Å². The molecule has 0 saturated heterocycles. The highest BCUT2D eigenvalue weighted by molar-refractivity contribution is 8.12. The smallest absolute Gasteiger partial charge is 0.530 e. The SMILES string of the molecule is NC(=O)[O-].OC(=[OH+])SCc1ccccc1. The molecule has 4 N–H and O–H groups in total. The second kappa shape index (κ2) is 7.69. The maximum atomic E-state index is 8.67. The van der Waals surface area contributed by atoms with Gasteiger partial charge in [0.25, 0.3) is 0 Å². The molecule has 0 aliphatic carbocycles. The Morgan fingerprint density at radius 2 is 1.93 bits per heavy atom. The lowest BCUT2D eigenvalue weighted by molar-refractivity contribution is -0.245. The number of carbonyl (C=O) groups excluding carboxylic acids is 1. The van der Waals surface area contributed by atoms with Gasteiger partial charge in [0.2, 0.25) is 0 Å². The molecule has 0 saturated carbocycles. The number of carboxylic acid groups (broad SMARTS) is 2. The van der Waals surface area contributed by atoms with Gasteiger partial charge >= 0.3 is 5.30 Å². The lowest BCUT2D eigenvalue weighted by Crippen LogP contribution is -2.29. The Balaban J connectivity index is 0.000000423. The van der Waals surface area contributed by atoms with Crippen molar-refractivity contribution in [1.29, 1.82) is 0 Å². The van der Waals surface area contributed by atoms with Crippen molar-refractivity contribution >= 4 is 23.2 Å². The van der Waals surface area contributed by atoms with E-state index in [1.807, 2.05) is 30.3 Å². The van der Waals surface area contributed by atoms with Crippen LogP contribution in [0.5, 0.6) is 0 Å². The van der Waals surface area contributed by atoms with Gasteiger partial charge in [-0.3, -0.25) is 0 Å². The van der Waals surface area contributed by atoms with Crippen molar-refractivity contribution in [2.24, 2.45) is 5.73 Å². The van der Waals surface area contributed by atoms with Crippen molar-refractivity contribution in [3.8, 4) is 0 Å². The van der Waals surface area contributed by atoms with Gasteiger partial charge in [-0.1, -0.05) is 30.3 Å². The van der Waals surface area contributed by atoms with Crippen molar-refractivity contribution in [2.75, 3.05) is 0 Å². The fourth-order valence-electron chi connectivity index (χ4n) is 0.722. The maximum Gasteiger partial charge on any atom is 0.548 e. The van der Waals surface area contributed by atoms with E-state index in [0.29, 0.717) is 5.75 Å². The number of benzene rings is 1. The van der Waals surface area contributed by atoms with Gasteiger partial charge in [0, 0.05) is 17.5 Å². The summed E-state index contributed by atoms with van der Waals surface area (Å²) in [4.78, 5) is 17.1. The average molecular weight is 229 g/mol. The molecule has 0 heterocycles. The van der Waals surface area contributed by atoms with Crippen molar-refractivity contribution < 1.29 is 19.8 Å². The summed E-state index contributed by atoms with van der Waals surface area (Å²) in [6.07, 6.45) is -1.58. The van der Waals surface area contributed by atoms with E-state index in [4.69, 9.17) is 19.8 Å². The number of thioether (sulfide) groups is 1. The molecule has 5 nitrogen and oxygen atoms in total. The molecule has 0 bridgehead atoms.